The van der Waals surface area contributed by atoms with Gasteiger partial charge in [-0.2, -0.15) is 0 Å². The quantitative estimate of drug-likeness (QED) is 0.690. The van der Waals surface area contributed by atoms with Crippen LogP contribution in [-0.2, 0) is 6.54 Å². The van der Waals surface area contributed by atoms with E-state index in [1.54, 1.807) is 0 Å². The lowest BCUT2D eigenvalue weighted by Gasteiger charge is -2.16. The zero-order valence-electron chi connectivity index (χ0n) is 11.8. The highest BCUT2D eigenvalue weighted by atomic mass is 16.5. The fraction of sp³-hybridized carbons (Fsp3) is 0.500. The van der Waals surface area contributed by atoms with Gasteiger partial charge in [-0.05, 0) is 26.0 Å². The van der Waals surface area contributed by atoms with Crippen LogP contribution in [0.4, 0.5) is 0 Å². The van der Waals surface area contributed by atoms with Crippen LogP contribution in [0.25, 0.3) is 0 Å². The van der Waals surface area contributed by atoms with Crippen molar-refractivity contribution in [3.8, 4) is 5.75 Å². The number of para-hydroxylation sites is 1. The Balaban J connectivity index is 1.79. The summed E-state index contributed by atoms with van der Waals surface area (Å²) in [4.78, 5) is 2.19. The molecule has 1 aliphatic rings. The first-order valence-electron chi connectivity index (χ1n) is 7.03. The van der Waals surface area contributed by atoms with Crippen molar-refractivity contribution in [2.75, 3.05) is 26.7 Å². The van der Waals surface area contributed by atoms with Crippen molar-refractivity contribution in [1.29, 1.82) is 0 Å². The third-order valence-electron chi connectivity index (χ3n) is 3.30. The van der Waals surface area contributed by atoms with Crippen molar-refractivity contribution in [2.45, 2.75) is 25.4 Å². The second kappa shape index (κ2) is 7.31. The van der Waals surface area contributed by atoms with Gasteiger partial charge in [-0.1, -0.05) is 24.3 Å². The molecular weight excluding hydrogens is 236 g/mol. The third-order valence-corrected chi connectivity index (χ3v) is 3.30. The van der Waals surface area contributed by atoms with Crippen molar-refractivity contribution in [1.82, 2.24) is 10.2 Å². The average Bonchev–Trinajstić information content (AvgIpc) is 3.22. The Morgan fingerprint density at radius 2 is 2.21 bits per heavy atom. The topological polar surface area (TPSA) is 24.5 Å². The highest BCUT2D eigenvalue weighted by Gasteiger charge is 2.20. The predicted octanol–water partition coefficient (Wildman–Crippen LogP) is 2.44. The van der Waals surface area contributed by atoms with Gasteiger partial charge in [0.1, 0.15) is 12.4 Å². The van der Waals surface area contributed by atoms with Crippen LogP contribution in [0.1, 0.15) is 18.4 Å². The van der Waals surface area contributed by atoms with Crippen molar-refractivity contribution in [3.05, 3.63) is 42.5 Å². The number of rotatable bonds is 9. The molecular formula is C16H24N2O. The standard InChI is InChI=1S/C16H24N2O/c1-3-10-18(2)11-12-19-16-7-5-4-6-14(16)13-17-15-8-9-15/h3-7,15,17H,1,8-13H2,2H3. The Morgan fingerprint density at radius 3 is 2.95 bits per heavy atom. The summed E-state index contributed by atoms with van der Waals surface area (Å²) in [5, 5.41) is 3.53. The van der Waals surface area contributed by atoms with Gasteiger partial charge < -0.3 is 10.1 Å². The van der Waals surface area contributed by atoms with Crippen molar-refractivity contribution < 1.29 is 4.74 Å². The minimum Gasteiger partial charge on any atom is -0.492 e. The SMILES string of the molecule is C=CCN(C)CCOc1ccccc1CNC1CC1. The second-order valence-corrected chi connectivity index (χ2v) is 5.16. The molecule has 1 saturated carbocycles. The van der Waals surface area contributed by atoms with E-state index in [0.717, 1.165) is 31.4 Å². The molecule has 0 atom stereocenters. The largest absolute Gasteiger partial charge is 0.492 e. The average molecular weight is 260 g/mol. The maximum absolute atomic E-state index is 5.89. The molecule has 19 heavy (non-hydrogen) atoms. The Bertz CT molecular complexity index is 401. The fourth-order valence-corrected chi connectivity index (χ4v) is 1.96. The Labute approximate surface area is 116 Å². The first kappa shape index (κ1) is 14.1. The molecule has 1 aromatic rings. The fourth-order valence-electron chi connectivity index (χ4n) is 1.96. The number of hydrogen-bond donors (Lipinski definition) is 1. The monoisotopic (exact) mass is 260 g/mol. The summed E-state index contributed by atoms with van der Waals surface area (Å²) in [7, 11) is 2.07. The molecule has 1 aromatic carbocycles. The number of likely N-dealkylation sites (N-methyl/N-ethyl adjacent to an activating group) is 1. The van der Waals surface area contributed by atoms with Crippen LogP contribution < -0.4 is 10.1 Å². The molecule has 1 N–H and O–H groups in total. The summed E-state index contributed by atoms with van der Waals surface area (Å²) in [6.07, 6.45) is 4.54. The van der Waals surface area contributed by atoms with Crippen molar-refractivity contribution in [2.24, 2.45) is 0 Å². The molecule has 0 unspecified atom stereocenters. The molecule has 0 bridgehead atoms. The van der Waals surface area contributed by atoms with Gasteiger partial charge >= 0.3 is 0 Å². The van der Waals surface area contributed by atoms with Gasteiger partial charge in [0.2, 0.25) is 0 Å². The van der Waals surface area contributed by atoms with E-state index in [2.05, 4.69) is 42.0 Å². The van der Waals surface area contributed by atoms with E-state index in [9.17, 15) is 0 Å². The van der Waals surface area contributed by atoms with Crippen LogP contribution >= 0.6 is 0 Å². The second-order valence-electron chi connectivity index (χ2n) is 5.16. The maximum Gasteiger partial charge on any atom is 0.123 e. The van der Waals surface area contributed by atoms with Crippen molar-refractivity contribution in [3.63, 3.8) is 0 Å². The van der Waals surface area contributed by atoms with Crippen LogP contribution in [0.15, 0.2) is 36.9 Å². The molecule has 0 aliphatic heterocycles. The van der Waals surface area contributed by atoms with Gasteiger partial charge in [0.15, 0.2) is 0 Å². The molecule has 0 radical (unpaired) electrons. The van der Waals surface area contributed by atoms with E-state index < -0.39 is 0 Å². The van der Waals surface area contributed by atoms with Gasteiger partial charge in [0.25, 0.3) is 0 Å². The van der Waals surface area contributed by atoms with Crippen LogP contribution in [0.2, 0.25) is 0 Å². The zero-order valence-corrected chi connectivity index (χ0v) is 11.8. The summed E-state index contributed by atoms with van der Waals surface area (Å²) >= 11 is 0. The van der Waals surface area contributed by atoms with Crippen molar-refractivity contribution >= 4 is 0 Å². The lowest BCUT2D eigenvalue weighted by molar-refractivity contribution is 0.248. The van der Waals surface area contributed by atoms with E-state index in [0.29, 0.717) is 6.61 Å². The number of hydrogen-bond acceptors (Lipinski definition) is 3. The van der Waals surface area contributed by atoms with E-state index in [-0.39, 0.29) is 0 Å². The zero-order chi connectivity index (χ0) is 13.5. The Morgan fingerprint density at radius 1 is 1.42 bits per heavy atom. The number of nitrogens with one attached hydrogen (secondary N) is 1. The first-order chi connectivity index (χ1) is 9.29. The minimum atomic E-state index is 0.713. The number of benzene rings is 1. The summed E-state index contributed by atoms with van der Waals surface area (Å²) in [5.74, 6) is 1.00. The third kappa shape index (κ3) is 5.05. The number of nitrogens with zero attached hydrogens (tertiary/aromatic N) is 1. The highest BCUT2D eigenvalue weighted by Crippen LogP contribution is 2.22. The summed E-state index contributed by atoms with van der Waals surface area (Å²) in [6, 6.07) is 9.02. The molecule has 0 saturated heterocycles. The van der Waals surface area contributed by atoms with Crippen LogP contribution in [0, 0.1) is 0 Å². The lowest BCUT2D eigenvalue weighted by atomic mass is 10.2. The maximum atomic E-state index is 5.89. The summed E-state index contributed by atoms with van der Waals surface area (Å²) in [6.45, 7) is 7.17. The molecule has 0 aromatic heterocycles. The van der Waals surface area contributed by atoms with Gasteiger partial charge in [-0.3, -0.25) is 4.90 Å². The van der Waals surface area contributed by atoms with E-state index in [4.69, 9.17) is 4.74 Å². The molecule has 1 aliphatic carbocycles. The molecule has 3 nitrogen and oxygen atoms in total. The molecule has 0 heterocycles. The van der Waals surface area contributed by atoms with E-state index >= 15 is 0 Å². The molecule has 0 amide bonds. The highest BCUT2D eigenvalue weighted by molar-refractivity contribution is 5.33. The molecule has 104 valence electrons. The Kier molecular flexibility index (Phi) is 5.43. The van der Waals surface area contributed by atoms with Gasteiger partial charge in [-0.25, -0.2) is 0 Å². The van der Waals surface area contributed by atoms with Crippen LogP contribution in [0.3, 0.4) is 0 Å². The smallest absolute Gasteiger partial charge is 0.123 e. The Hall–Kier alpha value is -1.32. The van der Waals surface area contributed by atoms with Gasteiger partial charge in [0.05, 0.1) is 0 Å². The predicted molar refractivity (Wildman–Crippen MR) is 79.5 cm³/mol. The summed E-state index contributed by atoms with van der Waals surface area (Å²) < 4.78 is 5.89. The minimum absolute atomic E-state index is 0.713. The van der Waals surface area contributed by atoms with E-state index in [1.165, 1.54) is 18.4 Å². The first-order valence-corrected chi connectivity index (χ1v) is 7.03. The van der Waals surface area contributed by atoms with Gasteiger partial charge in [0, 0.05) is 31.2 Å². The summed E-state index contributed by atoms with van der Waals surface area (Å²) in [5.41, 5.74) is 1.25. The molecule has 0 spiro atoms. The molecule has 3 heteroatoms. The molecule has 1 fully saturated rings. The normalized spacial score (nSPS) is 14.6. The molecule has 2 rings (SSSR count). The lowest BCUT2D eigenvalue weighted by Crippen LogP contribution is -2.24. The van der Waals surface area contributed by atoms with Gasteiger partial charge in [-0.15, -0.1) is 6.58 Å². The number of ether oxygens (including phenoxy) is 1. The van der Waals surface area contributed by atoms with Crippen LogP contribution in [0.5, 0.6) is 5.75 Å². The van der Waals surface area contributed by atoms with Crippen LogP contribution in [-0.4, -0.2) is 37.7 Å². The van der Waals surface area contributed by atoms with E-state index in [1.807, 2.05) is 12.1 Å².